The van der Waals surface area contributed by atoms with Crippen LogP contribution in [0.4, 0.5) is 0 Å². The Bertz CT molecular complexity index is 659. The van der Waals surface area contributed by atoms with Gasteiger partial charge in [-0.1, -0.05) is 31.4 Å². The van der Waals surface area contributed by atoms with Crippen molar-refractivity contribution in [3.63, 3.8) is 0 Å². The van der Waals surface area contributed by atoms with Gasteiger partial charge in [-0.25, -0.2) is 4.98 Å². The van der Waals surface area contributed by atoms with E-state index in [1.807, 2.05) is 24.3 Å². The van der Waals surface area contributed by atoms with Crippen LogP contribution in [0, 0.1) is 0 Å². The first-order valence-corrected chi connectivity index (χ1v) is 7.45. The molecule has 23 heavy (non-hydrogen) atoms. The van der Waals surface area contributed by atoms with Gasteiger partial charge in [-0.3, -0.25) is 9.78 Å². The third kappa shape index (κ3) is 4.77. The number of amides is 1. The lowest BCUT2D eigenvalue weighted by atomic mass is 9.82. The second-order valence-electron chi connectivity index (χ2n) is 5.85. The highest BCUT2D eigenvalue weighted by Gasteiger charge is 2.28. The number of hydrogen-bond donors (Lipinski definition) is 2. The van der Waals surface area contributed by atoms with Crippen molar-refractivity contribution in [1.29, 1.82) is 0 Å². The molecule has 3 rings (SSSR count). The maximum absolute atomic E-state index is 12.2. The molecular weight excluding hydrogens is 335 g/mol. The van der Waals surface area contributed by atoms with E-state index >= 15 is 0 Å². The van der Waals surface area contributed by atoms with Crippen LogP contribution in [0.25, 0.3) is 11.0 Å². The van der Waals surface area contributed by atoms with Gasteiger partial charge in [-0.05, 0) is 25.0 Å². The summed E-state index contributed by atoms with van der Waals surface area (Å²) in [4.78, 5) is 20.8. The lowest BCUT2D eigenvalue weighted by molar-refractivity contribution is 0.0932. The number of nitrogens with one attached hydrogen (secondary N) is 1. The molecule has 0 aliphatic heterocycles. The van der Waals surface area contributed by atoms with Crippen LogP contribution in [0.2, 0.25) is 0 Å². The minimum Gasteiger partial charge on any atom is -0.349 e. The van der Waals surface area contributed by atoms with Crippen molar-refractivity contribution in [3.8, 4) is 0 Å². The Morgan fingerprint density at radius 1 is 1.13 bits per heavy atom. The first-order chi connectivity index (χ1) is 10.2. The fraction of sp³-hybridized carbons (Fsp3) is 0.438. The molecule has 5 nitrogen and oxygen atoms in total. The molecule has 3 N–H and O–H groups in total. The van der Waals surface area contributed by atoms with E-state index in [-0.39, 0.29) is 36.3 Å². The maximum Gasteiger partial charge on any atom is 0.271 e. The molecular formula is C16H22Cl2N4O. The van der Waals surface area contributed by atoms with E-state index in [0.29, 0.717) is 12.2 Å². The predicted molar refractivity (Wildman–Crippen MR) is 96.4 cm³/mol. The van der Waals surface area contributed by atoms with Crippen LogP contribution < -0.4 is 11.1 Å². The Morgan fingerprint density at radius 2 is 1.78 bits per heavy atom. The van der Waals surface area contributed by atoms with E-state index in [0.717, 1.165) is 36.7 Å². The van der Waals surface area contributed by atoms with E-state index in [4.69, 9.17) is 5.73 Å². The van der Waals surface area contributed by atoms with Gasteiger partial charge in [0.2, 0.25) is 0 Å². The number of rotatable bonds is 3. The number of halogens is 2. The first-order valence-electron chi connectivity index (χ1n) is 7.45. The van der Waals surface area contributed by atoms with Crippen molar-refractivity contribution < 1.29 is 4.79 Å². The predicted octanol–water partition coefficient (Wildman–Crippen LogP) is 2.86. The summed E-state index contributed by atoms with van der Waals surface area (Å²) >= 11 is 0. The largest absolute Gasteiger partial charge is 0.349 e. The molecule has 0 radical (unpaired) electrons. The molecule has 1 fully saturated rings. The number of hydrogen-bond acceptors (Lipinski definition) is 4. The van der Waals surface area contributed by atoms with Gasteiger partial charge in [-0.15, -0.1) is 24.8 Å². The normalized spacial score (nSPS) is 16.0. The number of carbonyl (C=O) groups excluding carboxylic acids is 1. The fourth-order valence-electron chi connectivity index (χ4n) is 2.85. The minimum absolute atomic E-state index is 0. The van der Waals surface area contributed by atoms with E-state index in [9.17, 15) is 4.79 Å². The highest BCUT2D eigenvalue weighted by molar-refractivity contribution is 5.93. The molecule has 0 bridgehead atoms. The molecule has 1 saturated carbocycles. The third-order valence-electron chi connectivity index (χ3n) is 4.13. The zero-order valence-electron chi connectivity index (χ0n) is 12.8. The van der Waals surface area contributed by atoms with Crippen LogP contribution in [0.3, 0.4) is 0 Å². The molecule has 1 aromatic heterocycles. The number of carbonyl (C=O) groups is 1. The fourth-order valence-corrected chi connectivity index (χ4v) is 2.85. The number of fused-ring (bicyclic) bond motifs is 1. The number of para-hydroxylation sites is 2. The van der Waals surface area contributed by atoms with Crippen molar-refractivity contribution in [2.45, 2.75) is 37.6 Å². The van der Waals surface area contributed by atoms with Gasteiger partial charge in [0.05, 0.1) is 17.2 Å². The Balaban J connectivity index is 0.00000132. The molecule has 1 aliphatic carbocycles. The average Bonchev–Trinajstić information content (AvgIpc) is 2.53. The van der Waals surface area contributed by atoms with E-state index in [1.165, 1.54) is 12.6 Å². The van der Waals surface area contributed by atoms with Crippen molar-refractivity contribution in [1.82, 2.24) is 15.3 Å². The summed E-state index contributed by atoms with van der Waals surface area (Å²) in [6, 6.07) is 7.51. The van der Waals surface area contributed by atoms with Crippen molar-refractivity contribution in [2.75, 3.05) is 6.54 Å². The minimum atomic E-state index is -0.266. The molecule has 7 heteroatoms. The smallest absolute Gasteiger partial charge is 0.271 e. The van der Waals surface area contributed by atoms with Crippen LogP contribution in [0.1, 0.15) is 42.6 Å². The van der Waals surface area contributed by atoms with Crippen molar-refractivity contribution in [2.24, 2.45) is 5.73 Å². The zero-order chi connectivity index (χ0) is 14.7. The van der Waals surface area contributed by atoms with E-state index < -0.39 is 0 Å². The van der Waals surface area contributed by atoms with E-state index in [1.54, 1.807) is 0 Å². The molecule has 0 atom stereocenters. The van der Waals surface area contributed by atoms with Crippen LogP contribution in [-0.4, -0.2) is 28.0 Å². The Morgan fingerprint density at radius 3 is 2.48 bits per heavy atom. The SMILES string of the molecule is Cl.Cl.NC1(CNC(=O)c2cnc3ccccc3n2)CCCCC1. The van der Waals surface area contributed by atoms with Gasteiger partial charge in [0.1, 0.15) is 5.69 Å². The van der Waals surface area contributed by atoms with Gasteiger partial charge in [0.15, 0.2) is 0 Å². The van der Waals surface area contributed by atoms with Crippen LogP contribution in [0.5, 0.6) is 0 Å². The third-order valence-corrected chi connectivity index (χ3v) is 4.13. The average molecular weight is 357 g/mol. The quantitative estimate of drug-likeness (QED) is 0.885. The first kappa shape index (κ1) is 19.6. The number of benzene rings is 1. The Labute approximate surface area is 148 Å². The number of nitrogens with two attached hydrogens (primary N) is 1. The number of aromatic nitrogens is 2. The Hall–Kier alpha value is -1.43. The summed E-state index contributed by atoms with van der Waals surface area (Å²) < 4.78 is 0. The van der Waals surface area contributed by atoms with Crippen LogP contribution in [-0.2, 0) is 0 Å². The van der Waals surface area contributed by atoms with Gasteiger partial charge in [0.25, 0.3) is 5.91 Å². The molecule has 1 amide bonds. The van der Waals surface area contributed by atoms with E-state index in [2.05, 4.69) is 15.3 Å². The molecule has 2 aromatic rings. The molecule has 1 heterocycles. The summed E-state index contributed by atoms with van der Waals surface area (Å²) in [6.07, 6.45) is 6.97. The van der Waals surface area contributed by atoms with Crippen molar-refractivity contribution in [3.05, 3.63) is 36.2 Å². The maximum atomic E-state index is 12.2. The Kier molecular flexibility index (Phi) is 7.19. The topological polar surface area (TPSA) is 80.9 Å². The zero-order valence-corrected chi connectivity index (χ0v) is 14.5. The lowest BCUT2D eigenvalue weighted by Crippen LogP contribution is -2.51. The highest BCUT2D eigenvalue weighted by Crippen LogP contribution is 2.25. The monoisotopic (exact) mass is 356 g/mol. The molecule has 0 spiro atoms. The highest BCUT2D eigenvalue weighted by atomic mass is 35.5. The molecule has 126 valence electrons. The van der Waals surface area contributed by atoms with Gasteiger partial charge < -0.3 is 11.1 Å². The van der Waals surface area contributed by atoms with Gasteiger partial charge >= 0.3 is 0 Å². The summed E-state index contributed by atoms with van der Waals surface area (Å²) in [5.41, 5.74) is 7.92. The number of nitrogens with zero attached hydrogens (tertiary/aromatic N) is 2. The summed E-state index contributed by atoms with van der Waals surface area (Å²) in [5.74, 6) is -0.205. The molecule has 1 aromatic carbocycles. The summed E-state index contributed by atoms with van der Waals surface area (Å²) in [6.45, 7) is 0.500. The molecule has 1 aliphatic rings. The molecule has 0 unspecified atom stereocenters. The summed E-state index contributed by atoms with van der Waals surface area (Å²) in [5, 5.41) is 2.91. The van der Waals surface area contributed by atoms with Crippen molar-refractivity contribution >= 4 is 41.8 Å². The van der Waals surface area contributed by atoms with Gasteiger partial charge in [0, 0.05) is 12.1 Å². The second-order valence-corrected chi connectivity index (χ2v) is 5.85. The summed E-state index contributed by atoms with van der Waals surface area (Å²) in [7, 11) is 0. The molecule has 0 saturated heterocycles. The van der Waals surface area contributed by atoms with Crippen LogP contribution >= 0.6 is 24.8 Å². The standard InChI is InChI=1S/C16H20N4O.2ClH/c17-16(8-4-1-5-9-16)11-19-15(21)14-10-18-12-6-2-3-7-13(12)20-14;;/h2-3,6-7,10H,1,4-5,8-9,11,17H2,(H,19,21);2*1H. The van der Waals surface area contributed by atoms with Gasteiger partial charge in [-0.2, -0.15) is 0 Å². The second kappa shape index (κ2) is 8.43. The van der Waals surface area contributed by atoms with Crippen LogP contribution in [0.15, 0.2) is 30.5 Å². The lowest BCUT2D eigenvalue weighted by Gasteiger charge is -2.33.